The summed E-state index contributed by atoms with van der Waals surface area (Å²) in [5, 5.41) is 0. The van der Waals surface area contributed by atoms with Gasteiger partial charge in [0.1, 0.15) is 11.5 Å². The molecule has 1 aliphatic heterocycles. The summed E-state index contributed by atoms with van der Waals surface area (Å²) in [7, 11) is 0. The van der Waals surface area contributed by atoms with Crippen molar-refractivity contribution in [3.8, 4) is 0 Å². The molecule has 0 saturated carbocycles. The molecule has 3 rings (SSSR count). The molecule has 0 bridgehead atoms. The molecule has 21 heavy (non-hydrogen) atoms. The van der Waals surface area contributed by atoms with Gasteiger partial charge in [0.25, 0.3) is 5.91 Å². The highest BCUT2D eigenvalue weighted by Crippen LogP contribution is 2.23. The van der Waals surface area contributed by atoms with E-state index in [2.05, 4.69) is 26.4 Å². The molecule has 110 valence electrons. The van der Waals surface area contributed by atoms with Crippen LogP contribution < -0.4 is 0 Å². The fraction of sp³-hybridized carbons (Fsp3) is 0.467. The summed E-state index contributed by atoms with van der Waals surface area (Å²) >= 11 is 0. The molecule has 1 aliphatic rings. The molecule has 0 unspecified atom stereocenters. The molecule has 1 atom stereocenters. The molecule has 3 heterocycles. The first kappa shape index (κ1) is 13.7. The molecule has 2 aromatic rings. The minimum Gasteiger partial charge on any atom is -0.335 e. The van der Waals surface area contributed by atoms with Crippen LogP contribution in [0.2, 0.25) is 0 Å². The molecule has 0 aromatic carbocycles. The third-order valence-corrected chi connectivity index (χ3v) is 3.92. The molecule has 6 heteroatoms. The van der Waals surface area contributed by atoms with Gasteiger partial charge >= 0.3 is 0 Å². The Kier molecular flexibility index (Phi) is 3.94. The van der Waals surface area contributed by atoms with Crippen molar-refractivity contribution in [2.75, 3.05) is 13.1 Å². The minimum absolute atomic E-state index is 0.0361. The Morgan fingerprint density at radius 2 is 2.24 bits per heavy atom. The largest absolute Gasteiger partial charge is 0.335 e. The Hall–Kier alpha value is -2.24. The summed E-state index contributed by atoms with van der Waals surface area (Å²) in [6.45, 7) is 3.59. The highest BCUT2D eigenvalue weighted by molar-refractivity contribution is 5.92. The van der Waals surface area contributed by atoms with Gasteiger partial charge in [-0.1, -0.05) is 6.92 Å². The molecule has 0 spiro atoms. The number of rotatable bonds is 3. The van der Waals surface area contributed by atoms with Crippen LogP contribution in [0, 0.1) is 0 Å². The lowest BCUT2D eigenvalue weighted by Crippen LogP contribution is -2.41. The number of carbonyl (C=O) groups excluding carboxylic acids is 1. The normalized spacial score (nSPS) is 18.7. The first-order chi connectivity index (χ1) is 10.3. The van der Waals surface area contributed by atoms with E-state index < -0.39 is 0 Å². The van der Waals surface area contributed by atoms with Crippen molar-refractivity contribution in [2.45, 2.75) is 32.2 Å². The summed E-state index contributed by atoms with van der Waals surface area (Å²) < 4.78 is 2.20. The molecule has 1 fully saturated rings. The lowest BCUT2D eigenvalue weighted by molar-refractivity contribution is 0.0671. The number of likely N-dealkylation sites (tertiary alicyclic amines) is 1. The van der Waals surface area contributed by atoms with Crippen molar-refractivity contribution in [2.24, 2.45) is 0 Å². The predicted octanol–water partition coefficient (Wildman–Crippen LogP) is 1.71. The second kappa shape index (κ2) is 6.03. The fourth-order valence-corrected chi connectivity index (χ4v) is 2.89. The van der Waals surface area contributed by atoms with E-state index in [0.29, 0.717) is 18.3 Å². The smallest absolute Gasteiger partial charge is 0.274 e. The van der Waals surface area contributed by atoms with E-state index >= 15 is 0 Å². The number of imidazole rings is 1. The van der Waals surface area contributed by atoms with Crippen LogP contribution in [-0.4, -0.2) is 43.4 Å². The van der Waals surface area contributed by atoms with Crippen LogP contribution in [0.4, 0.5) is 0 Å². The fourth-order valence-electron chi connectivity index (χ4n) is 2.89. The van der Waals surface area contributed by atoms with E-state index in [1.165, 1.54) is 6.20 Å². The van der Waals surface area contributed by atoms with E-state index in [4.69, 9.17) is 0 Å². The van der Waals surface area contributed by atoms with E-state index in [1.54, 1.807) is 12.4 Å². The summed E-state index contributed by atoms with van der Waals surface area (Å²) in [5.41, 5.74) is 0.416. The average molecular weight is 285 g/mol. The third kappa shape index (κ3) is 2.79. The summed E-state index contributed by atoms with van der Waals surface area (Å²) in [4.78, 5) is 26.8. The first-order valence-electron chi connectivity index (χ1n) is 7.36. The van der Waals surface area contributed by atoms with Gasteiger partial charge in [-0.05, 0) is 12.8 Å². The zero-order valence-corrected chi connectivity index (χ0v) is 12.1. The quantitative estimate of drug-likeness (QED) is 0.861. The van der Waals surface area contributed by atoms with Gasteiger partial charge in [0.05, 0.1) is 12.2 Å². The lowest BCUT2D eigenvalue weighted by Gasteiger charge is -2.33. The first-order valence-corrected chi connectivity index (χ1v) is 7.36. The molecule has 1 amide bonds. The molecular formula is C15H19N5O. The molecule has 1 saturated heterocycles. The standard InChI is InChI=1S/C15H19N5O/c1-2-14-18-7-9-20(14)12-4-3-8-19(11-12)15(21)13-10-16-5-6-17-13/h5-7,9-10,12H,2-4,8,11H2,1H3/t12-/m1/s1. The Bertz CT molecular complexity index is 610. The molecular weight excluding hydrogens is 266 g/mol. The second-order valence-electron chi connectivity index (χ2n) is 5.24. The van der Waals surface area contributed by atoms with Gasteiger partial charge in [-0.15, -0.1) is 0 Å². The average Bonchev–Trinajstić information content (AvgIpc) is 3.04. The van der Waals surface area contributed by atoms with Gasteiger partial charge in [0.15, 0.2) is 0 Å². The van der Waals surface area contributed by atoms with Gasteiger partial charge in [-0.2, -0.15) is 0 Å². The van der Waals surface area contributed by atoms with Crippen LogP contribution in [0.3, 0.4) is 0 Å². The topological polar surface area (TPSA) is 63.9 Å². The number of hydrogen-bond donors (Lipinski definition) is 0. The van der Waals surface area contributed by atoms with Crippen molar-refractivity contribution in [1.29, 1.82) is 0 Å². The summed E-state index contributed by atoms with van der Waals surface area (Å²) in [6.07, 6.45) is 11.5. The third-order valence-electron chi connectivity index (χ3n) is 3.92. The number of aryl methyl sites for hydroxylation is 1. The maximum atomic E-state index is 12.5. The maximum absolute atomic E-state index is 12.5. The van der Waals surface area contributed by atoms with E-state index in [1.807, 2.05) is 17.3 Å². The summed E-state index contributed by atoms with van der Waals surface area (Å²) in [6, 6.07) is 0.303. The zero-order chi connectivity index (χ0) is 14.7. The maximum Gasteiger partial charge on any atom is 0.274 e. The molecule has 0 radical (unpaired) electrons. The highest BCUT2D eigenvalue weighted by Gasteiger charge is 2.26. The molecule has 0 N–H and O–H groups in total. The van der Waals surface area contributed by atoms with Crippen LogP contribution in [0.5, 0.6) is 0 Å². The van der Waals surface area contributed by atoms with Crippen LogP contribution in [0.1, 0.15) is 42.1 Å². The van der Waals surface area contributed by atoms with Gasteiger partial charge < -0.3 is 9.47 Å². The molecule has 6 nitrogen and oxygen atoms in total. The zero-order valence-electron chi connectivity index (χ0n) is 12.1. The number of aromatic nitrogens is 4. The van der Waals surface area contributed by atoms with Crippen molar-refractivity contribution in [3.05, 3.63) is 42.5 Å². The van der Waals surface area contributed by atoms with E-state index in [-0.39, 0.29) is 5.91 Å². The number of carbonyl (C=O) groups is 1. The summed E-state index contributed by atoms with van der Waals surface area (Å²) in [5.74, 6) is 1.04. The second-order valence-corrected chi connectivity index (χ2v) is 5.24. The van der Waals surface area contributed by atoms with Crippen molar-refractivity contribution >= 4 is 5.91 Å². The SMILES string of the molecule is CCc1nccn1[C@@H]1CCCN(C(=O)c2cnccn2)C1. The van der Waals surface area contributed by atoms with Crippen LogP contribution in [0.25, 0.3) is 0 Å². The van der Waals surface area contributed by atoms with Gasteiger partial charge in [0, 0.05) is 44.3 Å². The Labute approximate surface area is 123 Å². The van der Waals surface area contributed by atoms with Gasteiger partial charge in [-0.3, -0.25) is 9.78 Å². The highest BCUT2D eigenvalue weighted by atomic mass is 16.2. The van der Waals surface area contributed by atoms with Gasteiger partial charge in [0.2, 0.25) is 0 Å². The van der Waals surface area contributed by atoms with Crippen LogP contribution >= 0.6 is 0 Å². The van der Waals surface area contributed by atoms with Gasteiger partial charge in [-0.25, -0.2) is 9.97 Å². The van der Waals surface area contributed by atoms with Crippen molar-refractivity contribution < 1.29 is 4.79 Å². The molecule has 0 aliphatic carbocycles. The van der Waals surface area contributed by atoms with E-state index in [0.717, 1.165) is 31.6 Å². The number of amides is 1. The van der Waals surface area contributed by atoms with Crippen molar-refractivity contribution in [3.63, 3.8) is 0 Å². The van der Waals surface area contributed by atoms with Crippen LogP contribution in [-0.2, 0) is 6.42 Å². The lowest BCUT2D eigenvalue weighted by atomic mass is 10.0. The van der Waals surface area contributed by atoms with E-state index in [9.17, 15) is 4.79 Å². The number of nitrogens with zero attached hydrogens (tertiary/aromatic N) is 5. The monoisotopic (exact) mass is 285 g/mol. The minimum atomic E-state index is -0.0361. The Balaban J connectivity index is 1.76. The Morgan fingerprint density at radius 3 is 3.00 bits per heavy atom. The number of piperidine rings is 1. The molecule has 2 aromatic heterocycles. The number of hydrogen-bond acceptors (Lipinski definition) is 4. The Morgan fingerprint density at radius 1 is 1.33 bits per heavy atom. The predicted molar refractivity (Wildman–Crippen MR) is 77.8 cm³/mol. The van der Waals surface area contributed by atoms with Crippen molar-refractivity contribution in [1.82, 2.24) is 24.4 Å². The van der Waals surface area contributed by atoms with Crippen LogP contribution in [0.15, 0.2) is 31.0 Å².